The Morgan fingerprint density at radius 3 is 2.85 bits per heavy atom. The van der Waals surface area contributed by atoms with Gasteiger partial charge in [-0.1, -0.05) is 25.8 Å². The van der Waals surface area contributed by atoms with Gasteiger partial charge in [0.2, 0.25) is 0 Å². The van der Waals surface area contributed by atoms with Crippen LogP contribution in [0.5, 0.6) is 0 Å². The van der Waals surface area contributed by atoms with Gasteiger partial charge in [0.05, 0.1) is 0 Å². The first-order chi connectivity index (χ1) is 6.20. The van der Waals surface area contributed by atoms with Gasteiger partial charge in [-0.2, -0.15) is 0 Å². The van der Waals surface area contributed by atoms with Crippen LogP contribution in [-0.2, 0) is 0 Å². The zero-order chi connectivity index (χ0) is 9.84. The first kappa shape index (κ1) is 10.5. The second kappa shape index (κ2) is 4.59. The van der Waals surface area contributed by atoms with Crippen molar-refractivity contribution in [1.82, 2.24) is 0 Å². The Morgan fingerprint density at radius 1 is 1.62 bits per heavy atom. The Labute approximate surface area is 82.0 Å². The summed E-state index contributed by atoms with van der Waals surface area (Å²) in [7, 11) is 0. The average Bonchev–Trinajstić information content (AvgIpc) is 2.92. The Morgan fingerprint density at radius 2 is 2.31 bits per heavy atom. The van der Waals surface area contributed by atoms with Crippen molar-refractivity contribution in [2.45, 2.75) is 40.5 Å². The van der Waals surface area contributed by atoms with Crippen molar-refractivity contribution in [1.29, 1.82) is 0 Å². The standard InChI is InChI=1S/C12H21N/c1-5-9(3)11-7-12(11)10(4)8-13-6-2/h6,8-9,11-12H,5,7H2,1-4H3. The second-order valence-electron chi connectivity index (χ2n) is 4.17. The van der Waals surface area contributed by atoms with Crippen LogP contribution < -0.4 is 0 Å². The summed E-state index contributed by atoms with van der Waals surface area (Å²) in [5.74, 6) is 2.66. The van der Waals surface area contributed by atoms with Crippen molar-refractivity contribution in [2.24, 2.45) is 22.7 Å². The molecule has 0 aromatic rings. The van der Waals surface area contributed by atoms with Crippen LogP contribution in [0.3, 0.4) is 0 Å². The zero-order valence-corrected chi connectivity index (χ0v) is 9.25. The van der Waals surface area contributed by atoms with Gasteiger partial charge in [-0.25, -0.2) is 0 Å². The normalized spacial score (nSPS) is 30.9. The van der Waals surface area contributed by atoms with Crippen LogP contribution in [0.25, 0.3) is 0 Å². The minimum atomic E-state index is 0.832. The molecule has 1 heteroatoms. The monoisotopic (exact) mass is 179 g/mol. The summed E-state index contributed by atoms with van der Waals surface area (Å²) >= 11 is 0. The lowest BCUT2D eigenvalue weighted by Gasteiger charge is -2.06. The number of rotatable bonds is 4. The van der Waals surface area contributed by atoms with E-state index in [0.717, 1.165) is 17.8 Å². The maximum atomic E-state index is 4.17. The largest absolute Gasteiger partial charge is 0.269 e. The van der Waals surface area contributed by atoms with Gasteiger partial charge in [-0.3, -0.25) is 4.99 Å². The van der Waals surface area contributed by atoms with Crippen molar-refractivity contribution >= 4 is 6.21 Å². The van der Waals surface area contributed by atoms with Crippen LogP contribution in [-0.4, -0.2) is 6.21 Å². The fourth-order valence-corrected chi connectivity index (χ4v) is 1.96. The van der Waals surface area contributed by atoms with Gasteiger partial charge in [0.25, 0.3) is 0 Å². The molecule has 0 aromatic carbocycles. The van der Waals surface area contributed by atoms with E-state index in [1.807, 2.05) is 19.3 Å². The quantitative estimate of drug-likeness (QED) is 0.584. The molecule has 0 N–H and O–H groups in total. The number of aliphatic imine (C=N–C) groups is 1. The molecule has 74 valence electrons. The van der Waals surface area contributed by atoms with E-state index < -0.39 is 0 Å². The highest BCUT2D eigenvalue weighted by molar-refractivity contribution is 5.54. The Bertz CT molecular complexity index is 215. The molecule has 3 unspecified atom stereocenters. The number of hydrogen-bond donors (Lipinski definition) is 0. The molecule has 0 amide bonds. The predicted octanol–water partition coefficient (Wildman–Crippen LogP) is 3.66. The molecule has 1 nitrogen and oxygen atoms in total. The third-order valence-corrected chi connectivity index (χ3v) is 3.23. The molecule has 0 spiro atoms. The van der Waals surface area contributed by atoms with Gasteiger partial charge >= 0.3 is 0 Å². The van der Waals surface area contributed by atoms with Gasteiger partial charge in [0, 0.05) is 12.4 Å². The minimum Gasteiger partial charge on any atom is -0.269 e. The highest BCUT2D eigenvalue weighted by atomic mass is 14.7. The molecule has 0 heterocycles. The molecule has 0 aromatic heterocycles. The Hall–Kier alpha value is -0.590. The molecule has 0 radical (unpaired) electrons. The summed E-state index contributed by atoms with van der Waals surface area (Å²) in [4.78, 5) is 4.17. The molecule has 1 aliphatic carbocycles. The highest BCUT2D eigenvalue weighted by Crippen LogP contribution is 2.49. The number of nitrogens with zero attached hydrogens (tertiary/aromatic N) is 1. The van der Waals surface area contributed by atoms with Gasteiger partial charge in [-0.15, -0.1) is 0 Å². The Balaban J connectivity index is 2.41. The predicted molar refractivity (Wildman–Crippen MR) is 59.0 cm³/mol. The second-order valence-corrected chi connectivity index (χ2v) is 4.17. The van der Waals surface area contributed by atoms with E-state index in [-0.39, 0.29) is 0 Å². The van der Waals surface area contributed by atoms with E-state index in [0.29, 0.717) is 0 Å². The molecule has 3 atom stereocenters. The first-order valence-corrected chi connectivity index (χ1v) is 5.35. The highest BCUT2D eigenvalue weighted by Gasteiger charge is 2.40. The Kier molecular flexibility index (Phi) is 3.71. The number of hydrogen-bond acceptors (Lipinski definition) is 1. The summed E-state index contributed by atoms with van der Waals surface area (Å²) in [6.45, 7) is 8.81. The topological polar surface area (TPSA) is 12.4 Å². The molecule has 0 saturated heterocycles. The van der Waals surface area contributed by atoms with E-state index in [9.17, 15) is 0 Å². The molecule has 1 fully saturated rings. The van der Waals surface area contributed by atoms with Crippen molar-refractivity contribution in [3.05, 3.63) is 11.8 Å². The smallest absolute Gasteiger partial charge is 0.0255 e. The molecular formula is C12H21N. The van der Waals surface area contributed by atoms with E-state index in [1.54, 1.807) is 0 Å². The summed E-state index contributed by atoms with van der Waals surface area (Å²) in [5.41, 5.74) is 1.46. The van der Waals surface area contributed by atoms with Crippen molar-refractivity contribution in [3.8, 4) is 0 Å². The third-order valence-electron chi connectivity index (χ3n) is 3.23. The molecular weight excluding hydrogens is 158 g/mol. The summed E-state index contributed by atoms with van der Waals surface area (Å²) in [6, 6.07) is 0. The van der Waals surface area contributed by atoms with Gasteiger partial charge in [-0.05, 0) is 38.0 Å². The number of allylic oxidation sites excluding steroid dienone is 1. The molecule has 1 saturated carbocycles. The summed E-state index contributed by atoms with van der Waals surface area (Å²) in [6.07, 6.45) is 6.57. The van der Waals surface area contributed by atoms with Crippen molar-refractivity contribution in [2.75, 3.05) is 0 Å². The van der Waals surface area contributed by atoms with Crippen molar-refractivity contribution in [3.63, 3.8) is 0 Å². The van der Waals surface area contributed by atoms with E-state index in [4.69, 9.17) is 0 Å². The van der Waals surface area contributed by atoms with Crippen LogP contribution in [0, 0.1) is 17.8 Å². The van der Waals surface area contributed by atoms with Gasteiger partial charge < -0.3 is 0 Å². The lowest BCUT2D eigenvalue weighted by molar-refractivity contribution is 0.473. The van der Waals surface area contributed by atoms with Gasteiger partial charge in [0.15, 0.2) is 0 Å². The SMILES string of the molecule is CC=NC=C(C)C1CC1C(C)CC. The van der Waals surface area contributed by atoms with E-state index in [2.05, 4.69) is 25.8 Å². The summed E-state index contributed by atoms with van der Waals surface area (Å²) < 4.78 is 0. The molecule has 13 heavy (non-hydrogen) atoms. The van der Waals surface area contributed by atoms with Crippen LogP contribution in [0.1, 0.15) is 40.5 Å². The fraction of sp³-hybridized carbons (Fsp3) is 0.750. The minimum absolute atomic E-state index is 0.832. The lowest BCUT2D eigenvalue weighted by atomic mass is 10.00. The molecule has 1 rings (SSSR count). The zero-order valence-electron chi connectivity index (χ0n) is 9.25. The van der Waals surface area contributed by atoms with Gasteiger partial charge in [0.1, 0.15) is 0 Å². The van der Waals surface area contributed by atoms with Crippen LogP contribution in [0.2, 0.25) is 0 Å². The molecule has 1 aliphatic rings. The lowest BCUT2D eigenvalue weighted by Crippen LogP contribution is -1.97. The molecule has 0 bridgehead atoms. The molecule has 0 aliphatic heterocycles. The van der Waals surface area contributed by atoms with Crippen LogP contribution >= 0.6 is 0 Å². The van der Waals surface area contributed by atoms with E-state index in [1.165, 1.54) is 18.4 Å². The summed E-state index contributed by atoms with van der Waals surface area (Å²) in [5, 5.41) is 0. The van der Waals surface area contributed by atoms with Crippen LogP contribution in [0.4, 0.5) is 0 Å². The average molecular weight is 179 g/mol. The fourth-order valence-electron chi connectivity index (χ4n) is 1.96. The van der Waals surface area contributed by atoms with Crippen molar-refractivity contribution < 1.29 is 0 Å². The van der Waals surface area contributed by atoms with Crippen LogP contribution in [0.15, 0.2) is 16.8 Å². The van der Waals surface area contributed by atoms with E-state index >= 15 is 0 Å². The maximum Gasteiger partial charge on any atom is 0.0255 e. The first-order valence-electron chi connectivity index (χ1n) is 5.35. The third kappa shape index (κ3) is 2.68. The maximum absolute atomic E-state index is 4.17.